The molecule has 0 bridgehead atoms. The van der Waals surface area contributed by atoms with Crippen molar-refractivity contribution in [3.05, 3.63) is 76.4 Å². The van der Waals surface area contributed by atoms with Gasteiger partial charge in [0.1, 0.15) is 11.4 Å². The molecule has 4 aromatic rings. The standard InChI is InChI=1S/C19H16N8O4/c1-12-21-23-24-26(12)17-10-13(6-7-18(17)31-2)20-19(28)16-8-9-25(22-16)14-4-3-5-15(11-14)27(29)30/h3-11H,1-2H3,(H,20,28). The molecule has 2 heterocycles. The number of non-ortho nitro benzene ring substituents is 1. The molecule has 0 saturated heterocycles. The van der Waals surface area contributed by atoms with Crippen molar-refractivity contribution < 1.29 is 14.5 Å². The second kappa shape index (κ2) is 8.02. The lowest BCUT2D eigenvalue weighted by Gasteiger charge is -2.11. The third-order valence-corrected chi connectivity index (χ3v) is 4.42. The van der Waals surface area contributed by atoms with E-state index in [0.29, 0.717) is 28.6 Å². The quantitative estimate of drug-likeness (QED) is 0.370. The first kappa shape index (κ1) is 19.7. The molecule has 0 radical (unpaired) electrons. The van der Waals surface area contributed by atoms with Crippen molar-refractivity contribution in [2.24, 2.45) is 0 Å². The van der Waals surface area contributed by atoms with E-state index in [1.54, 1.807) is 43.5 Å². The van der Waals surface area contributed by atoms with Gasteiger partial charge in [-0.05, 0) is 47.7 Å². The zero-order valence-corrected chi connectivity index (χ0v) is 16.5. The third-order valence-electron chi connectivity index (χ3n) is 4.42. The summed E-state index contributed by atoms with van der Waals surface area (Å²) in [6, 6.07) is 12.5. The maximum Gasteiger partial charge on any atom is 0.276 e. The van der Waals surface area contributed by atoms with Gasteiger partial charge in [0.25, 0.3) is 11.6 Å². The van der Waals surface area contributed by atoms with Gasteiger partial charge in [0.2, 0.25) is 0 Å². The number of aryl methyl sites for hydroxylation is 1. The Morgan fingerprint density at radius 2 is 2.03 bits per heavy atom. The lowest BCUT2D eigenvalue weighted by molar-refractivity contribution is -0.384. The fourth-order valence-electron chi connectivity index (χ4n) is 2.92. The number of carbonyl (C=O) groups excluding carboxylic acids is 1. The van der Waals surface area contributed by atoms with Crippen molar-refractivity contribution >= 4 is 17.3 Å². The first-order valence-electron chi connectivity index (χ1n) is 9.01. The number of nitro groups is 1. The van der Waals surface area contributed by atoms with Crippen LogP contribution in [0, 0.1) is 17.0 Å². The molecule has 31 heavy (non-hydrogen) atoms. The summed E-state index contributed by atoms with van der Waals surface area (Å²) < 4.78 is 8.24. The molecule has 12 nitrogen and oxygen atoms in total. The summed E-state index contributed by atoms with van der Waals surface area (Å²) in [5, 5.41) is 29.4. The molecule has 0 atom stereocenters. The Labute approximate surface area is 175 Å². The molecule has 12 heteroatoms. The Morgan fingerprint density at radius 3 is 2.74 bits per heavy atom. The second-order valence-electron chi connectivity index (χ2n) is 6.40. The molecule has 0 aliphatic carbocycles. The molecule has 0 fully saturated rings. The highest BCUT2D eigenvalue weighted by Gasteiger charge is 2.15. The largest absolute Gasteiger partial charge is 0.494 e. The van der Waals surface area contributed by atoms with Gasteiger partial charge < -0.3 is 10.1 Å². The number of carbonyl (C=O) groups is 1. The number of rotatable bonds is 6. The number of methoxy groups -OCH3 is 1. The Hall–Kier alpha value is -4.61. The van der Waals surface area contributed by atoms with Crippen LogP contribution in [0.2, 0.25) is 0 Å². The van der Waals surface area contributed by atoms with Gasteiger partial charge in [-0.3, -0.25) is 14.9 Å². The van der Waals surface area contributed by atoms with Crippen molar-refractivity contribution in [3.63, 3.8) is 0 Å². The van der Waals surface area contributed by atoms with Crippen LogP contribution >= 0.6 is 0 Å². The molecule has 156 valence electrons. The van der Waals surface area contributed by atoms with Crippen molar-refractivity contribution in [2.45, 2.75) is 6.92 Å². The molecule has 4 rings (SSSR count). The average molecular weight is 420 g/mol. The van der Waals surface area contributed by atoms with Gasteiger partial charge in [-0.15, -0.1) is 5.10 Å². The minimum Gasteiger partial charge on any atom is -0.494 e. The number of nitro benzene ring substituents is 1. The fraction of sp³-hybridized carbons (Fsp3) is 0.105. The number of amides is 1. The number of anilines is 1. The van der Waals surface area contributed by atoms with Crippen molar-refractivity contribution in [1.82, 2.24) is 30.0 Å². The SMILES string of the molecule is COc1ccc(NC(=O)c2ccn(-c3cccc([N+](=O)[O-])c3)n2)cc1-n1nnnc1C. The predicted molar refractivity (Wildman–Crippen MR) is 109 cm³/mol. The zero-order chi connectivity index (χ0) is 22.0. The first-order valence-corrected chi connectivity index (χ1v) is 9.01. The lowest BCUT2D eigenvalue weighted by Crippen LogP contribution is -2.14. The van der Waals surface area contributed by atoms with E-state index in [4.69, 9.17) is 4.74 Å². The van der Waals surface area contributed by atoms with Crippen LogP contribution < -0.4 is 10.1 Å². The molecule has 1 amide bonds. The minimum absolute atomic E-state index is 0.0670. The Bertz CT molecular complexity index is 1280. The summed E-state index contributed by atoms with van der Waals surface area (Å²) >= 11 is 0. The van der Waals surface area contributed by atoms with E-state index in [9.17, 15) is 14.9 Å². The van der Waals surface area contributed by atoms with Gasteiger partial charge in [-0.2, -0.15) is 9.78 Å². The minimum atomic E-state index is -0.492. The lowest BCUT2D eigenvalue weighted by atomic mass is 10.2. The Balaban J connectivity index is 1.58. The van der Waals surface area contributed by atoms with Crippen LogP contribution in [0.3, 0.4) is 0 Å². The van der Waals surface area contributed by atoms with Crippen LogP contribution in [-0.4, -0.2) is 47.9 Å². The molecule has 2 aromatic heterocycles. The van der Waals surface area contributed by atoms with E-state index >= 15 is 0 Å². The van der Waals surface area contributed by atoms with Gasteiger partial charge in [0.15, 0.2) is 11.5 Å². The maximum absolute atomic E-state index is 12.7. The Kier molecular flexibility index (Phi) is 5.10. The number of ether oxygens (including phenoxy) is 1. The maximum atomic E-state index is 12.7. The van der Waals surface area contributed by atoms with Crippen LogP contribution in [-0.2, 0) is 0 Å². The fourth-order valence-corrected chi connectivity index (χ4v) is 2.92. The van der Waals surface area contributed by atoms with E-state index in [0.717, 1.165) is 0 Å². The number of tetrazole rings is 1. The molecule has 0 unspecified atom stereocenters. The third kappa shape index (κ3) is 3.94. The molecule has 0 spiro atoms. The summed E-state index contributed by atoms with van der Waals surface area (Å²) in [4.78, 5) is 23.2. The van der Waals surface area contributed by atoms with E-state index in [2.05, 4.69) is 25.9 Å². The van der Waals surface area contributed by atoms with E-state index in [-0.39, 0.29) is 11.4 Å². The van der Waals surface area contributed by atoms with Gasteiger partial charge in [-0.25, -0.2) is 4.68 Å². The van der Waals surface area contributed by atoms with Crippen LogP contribution in [0.4, 0.5) is 11.4 Å². The molecular formula is C19H16N8O4. The van der Waals surface area contributed by atoms with E-state index in [1.807, 2.05) is 0 Å². The molecule has 1 N–H and O–H groups in total. The van der Waals surface area contributed by atoms with Crippen LogP contribution in [0.1, 0.15) is 16.3 Å². The molecule has 0 aliphatic rings. The monoisotopic (exact) mass is 420 g/mol. The molecular weight excluding hydrogens is 404 g/mol. The molecule has 2 aromatic carbocycles. The van der Waals surface area contributed by atoms with Crippen LogP contribution in [0.15, 0.2) is 54.7 Å². The number of hydrogen-bond acceptors (Lipinski definition) is 8. The van der Waals surface area contributed by atoms with Gasteiger partial charge in [-0.1, -0.05) is 6.07 Å². The summed E-state index contributed by atoms with van der Waals surface area (Å²) in [6.07, 6.45) is 1.55. The van der Waals surface area contributed by atoms with Crippen molar-refractivity contribution in [2.75, 3.05) is 12.4 Å². The van der Waals surface area contributed by atoms with Crippen molar-refractivity contribution in [1.29, 1.82) is 0 Å². The number of hydrogen-bond donors (Lipinski definition) is 1. The van der Waals surface area contributed by atoms with Crippen LogP contribution in [0.5, 0.6) is 5.75 Å². The second-order valence-corrected chi connectivity index (χ2v) is 6.40. The molecule has 0 aliphatic heterocycles. The van der Waals surface area contributed by atoms with Gasteiger partial charge in [0, 0.05) is 24.0 Å². The van der Waals surface area contributed by atoms with Gasteiger partial charge >= 0.3 is 0 Å². The van der Waals surface area contributed by atoms with E-state index in [1.165, 1.54) is 34.7 Å². The van der Waals surface area contributed by atoms with Crippen molar-refractivity contribution in [3.8, 4) is 17.1 Å². The van der Waals surface area contributed by atoms with E-state index < -0.39 is 10.8 Å². The van der Waals surface area contributed by atoms with Crippen LogP contribution in [0.25, 0.3) is 11.4 Å². The first-order chi connectivity index (χ1) is 15.0. The summed E-state index contributed by atoms with van der Waals surface area (Å²) in [5.41, 5.74) is 1.59. The highest BCUT2D eigenvalue weighted by Crippen LogP contribution is 2.26. The number of benzene rings is 2. The highest BCUT2D eigenvalue weighted by atomic mass is 16.6. The molecule has 0 saturated carbocycles. The normalized spacial score (nSPS) is 10.6. The Morgan fingerprint density at radius 1 is 1.19 bits per heavy atom. The number of nitrogens with one attached hydrogen (secondary N) is 1. The topological polar surface area (TPSA) is 143 Å². The summed E-state index contributed by atoms with van der Waals surface area (Å²) in [7, 11) is 1.53. The predicted octanol–water partition coefficient (Wildman–Crippen LogP) is 2.33. The number of aromatic nitrogens is 6. The highest BCUT2D eigenvalue weighted by molar-refractivity contribution is 6.03. The zero-order valence-electron chi connectivity index (χ0n) is 16.5. The number of nitrogens with zero attached hydrogens (tertiary/aromatic N) is 7. The smallest absolute Gasteiger partial charge is 0.276 e. The average Bonchev–Trinajstić information content (AvgIpc) is 3.43. The summed E-state index contributed by atoms with van der Waals surface area (Å²) in [6.45, 7) is 1.74. The summed E-state index contributed by atoms with van der Waals surface area (Å²) in [5.74, 6) is 0.634. The van der Waals surface area contributed by atoms with Gasteiger partial charge in [0.05, 0.1) is 17.7 Å².